The number of morpholine rings is 1. The van der Waals surface area contributed by atoms with E-state index in [1.807, 2.05) is 0 Å². The molecule has 1 unspecified atom stereocenters. The van der Waals surface area contributed by atoms with Crippen molar-refractivity contribution in [1.29, 1.82) is 0 Å². The summed E-state index contributed by atoms with van der Waals surface area (Å²) in [6.45, 7) is 2.51. The number of aromatic amines is 1. The van der Waals surface area contributed by atoms with Gasteiger partial charge in [0.2, 0.25) is 5.95 Å². The van der Waals surface area contributed by atoms with Crippen molar-refractivity contribution in [3.63, 3.8) is 0 Å². The van der Waals surface area contributed by atoms with Crippen molar-refractivity contribution in [2.24, 2.45) is 0 Å². The van der Waals surface area contributed by atoms with Crippen molar-refractivity contribution >= 4 is 17.4 Å². The molecule has 0 radical (unpaired) electrons. The Bertz CT molecular complexity index is 748. The summed E-state index contributed by atoms with van der Waals surface area (Å²) in [5, 5.41) is 6.27. The fourth-order valence-corrected chi connectivity index (χ4v) is 2.39. The van der Waals surface area contributed by atoms with E-state index in [1.54, 1.807) is 6.07 Å². The number of hydrogen-bond donors (Lipinski definition) is 3. The highest BCUT2D eigenvalue weighted by Crippen LogP contribution is 2.20. The molecule has 2 aromatic heterocycles. The molecule has 0 bridgehead atoms. The van der Waals surface area contributed by atoms with Gasteiger partial charge in [0.1, 0.15) is 10.8 Å². The van der Waals surface area contributed by atoms with Crippen LogP contribution in [0.4, 0.5) is 10.2 Å². The number of hydrogen-bond acceptors (Lipinski definition) is 6. The minimum absolute atomic E-state index is 0.0417. The number of anilines is 1. The van der Waals surface area contributed by atoms with Crippen LogP contribution in [0.3, 0.4) is 0 Å². The molecule has 3 heterocycles. The van der Waals surface area contributed by atoms with Gasteiger partial charge in [-0.15, -0.1) is 0 Å². The molecule has 0 aliphatic carbocycles. The first-order valence-electron chi connectivity index (χ1n) is 7.10. The van der Waals surface area contributed by atoms with Crippen LogP contribution in [0.1, 0.15) is 0 Å². The Morgan fingerprint density at radius 2 is 2.39 bits per heavy atom. The molecule has 0 aromatic carbocycles. The molecule has 0 amide bonds. The van der Waals surface area contributed by atoms with Gasteiger partial charge in [-0.2, -0.15) is 4.39 Å². The van der Waals surface area contributed by atoms with Crippen molar-refractivity contribution < 1.29 is 9.13 Å². The molecule has 0 spiro atoms. The van der Waals surface area contributed by atoms with Gasteiger partial charge in [0.25, 0.3) is 5.56 Å². The average molecular weight is 340 g/mol. The Morgan fingerprint density at radius 1 is 1.52 bits per heavy atom. The Morgan fingerprint density at radius 3 is 3.13 bits per heavy atom. The number of nitrogens with zero attached hydrogens (tertiary/aromatic N) is 2. The smallest absolute Gasteiger partial charge is 0.272 e. The lowest BCUT2D eigenvalue weighted by molar-refractivity contribution is 0.0806. The summed E-state index contributed by atoms with van der Waals surface area (Å²) in [7, 11) is 0. The SMILES string of the molecule is O=c1[nH]c(-c2ccnc(F)c2)nc(NCC2COCCN2)c1Cl. The zero-order chi connectivity index (χ0) is 16.2. The van der Waals surface area contributed by atoms with E-state index in [0.717, 1.165) is 6.54 Å². The zero-order valence-corrected chi connectivity index (χ0v) is 12.9. The molecule has 0 saturated carbocycles. The van der Waals surface area contributed by atoms with Gasteiger partial charge in [-0.1, -0.05) is 11.6 Å². The Kier molecular flexibility index (Phi) is 4.85. The number of halogens is 2. The van der Waals surface area contributed by atoms with Crippen molar-refractivity contribution in [3.05, 3.63) is 39.7 Å². The Balaban J connectivity index is 1.83. The van der Waals surface area contributed by atoms with Crippen molar-refractivity contribution in [2.75, 3.05) is 31.6 Å². The van der Waals surface area contributed by atoms with Gasteiger partial charge in [0, 0.05) is 37.0 Å². The molecule has 23 heavy (non-hydrogen) atoms. The summed E-state index contributed by atoms with van der Waals surface area (Å²) in [5.41, 5.74) is -0.0855. The molecule has 7 nitrogen and oxygen atoms in total. The molecule has 1 aliphatic rings. The van der Waals surface area contributed by atoms with Gasteiger partial charge >= 0.3 is 0 Å². The predicted molar refractivity (Wildman–Crippen MR) is 84.2 cm³/mol. The summed E-state index contributed by atoms with van der Waals surface area (Å²) in [6, 6.07) is 2.84. The van der Waals surface area contributed by atoms with Crippen LogP contribution in [0.15, 0.2) is 23.1 Å². The first-order chi connectivity index (χ1) is 11.1. The maximum Gasteiger partial charge on any atom is 0.272 e. The second-order valence-corrected chi connectivity index (χ2v) is 5.43. The molecule has 1 aliphatic heterocycles. The average Bonchev–Trinajstić information content (AvgIpc) is 2.57. The largest absolute Gasteiger partial charge is 0.378 e. The van der Waals surface area contributed by atoms with Gasteiger partial charge in [0.05, 0.1) is 13.2 Å². The quantitative estimate of drug-likeness (QED) is 0.720. The highest BCUT2D eigenvalue weighted by molar-refractivity contribution is 6.32. The van der Waals surface area contributed by atoms with Crippen LogP contribution in [0, 0.1) is 5.95 Å². The topological polar surface area (TPSA) is 91.9 Å². The molecule has 3 N–H and O–H groups in total. The molecule has 1 fully saturated rings. The Labute approximate surface area is 136 Å². The highest BCUT2D eigenvalue weighted by atomic mass is 35.5. The van der Waals surface area contributed by atoms with Gasteiger partial charge < -0.3 is 20.4 Å². The number of ether oxygens (including phenoxy) is 1. The first-order valence-corrected chi connectivity index (χ1v) is 7.48. The van der Waals surface area contributed by atoms with Crippen LogP contribution in [0.5, 0.6) is 0 Å². The molecule has 122 valence electrons. The highest BCUT2D eigenvalue weighted by Gasteiger charge is 2.16. The third kappa shape index (κ3) is 3.84. The van der Waals surface area contributed by atoms with E-state index in [9.17, 15) is 9.18 Å². The number of aromatic nitrogens is 3. The monoisotopic (exact) mass is 339 g/mol. The van der Waals surface area contributed by atoms with E-state index in [-0.39, 0.29) is 22.7 Å². The van der Waals surface area contributed by atoms with E-state index in [0.29, 0.717) is 25.3 Å². The van der Waals surface area contributed by atoms with Crippen molar-refractivity contribution in [3.8, 4) is 11.4 Å². The molecule has 2 aromatic rings. The van der Waals surface area contributed by atoms with Gasteiger partial charge in [-0.05, 0) is 6.07 Å². The molecular weight excluding hydrogens is 325 g/mol. The van der Waals surface area contributed by atoms with Crippen LogP contribution in [0.25, 0.3) is 11.4 Å². The van der Waals surface area contributed by atoms with E-state index in [4.69, 9.17) is 16.3 Å². The maximum absolute atomic E-state index is 13.2. The van der Waals surface area contributed by atoms with Crippen LogP contribution in [-0.4, -0.2) is 47.3 Å². The van der Waals surface area contributed by atoms with Crippen LogP contribution < -0.4 is 16.2 Å². The van der Waals surface area contributed by atoms with E-state index >= 15 is 0 Å². The van der Waals surface area contributed by atoms with Crippen LogP contribution in [0.2, 0.25) is 5.02 Å². The molecular formula is C14H15ClFN5O2. The molecule has 1 atom stereocenters. The summed E-state index contributed by atoms with van der Waals surface area (Å²) >= 11 is 5.99. The predicted octanol–water partition coefficient (Wildman–Crippen LogP) is 1.02. The lowest BCUT2D eigenvalue weighted by atomic mass is 10.2. The Hall–Kier alpha value is -2.03. The van der Waals surface area contributed by atoms with Crippen molar-refractivity contribution in [1.82, 2.24) is 20.3 Å². The van der Waals surface area contributed by atoms with E-state index in [2.05, 4.69) is 25.6 Å². The van der Waals surface area contributed by atoms with Gasteiger partial charge in [-0.3, -0.25) is 4.79 Å². The summed E-state index contributed by atoms with van der Waals surface area (Å²) in [6.07, 6.45) is 1.30. The minimum atomic E-state index is -0.654. The van der Waals surface area contributed by atoms with E-state index in [1.165, 1.54) is 12.3 Å². The second-order valence-electron chi connectivity index (χ2n) is 5.05. The maximum atomic E-state index is 13.2. The molecule has 9 heteroatoms. The third-order valence-electron chi connectivity index (χ3n) is 3.38. The minimum Gasteiger partial charge on any atom is -0.378 e. The number of H-pyrrole nitrogens is 1. The molecule has 1 saturated heterocycles. The van der Waals surface area contributed by atoms with Crippen LogP contribution in [-0.2, 0) is 4.74 Å². The number of nitrogens with one attached hydrogen (secondary N) is 3. The number of pyridine rings is 1. The fraction of sp³-hybridized carbons (Fsp3) is 0.357. The first kappa shape index (κ1) is 15.9. The molecule has 3 rings (SSSR count). The number of rotatable bonds is 4. The summed E-state index contributed by atoms with van der Waals surface area (Å²) < 4.78 is 18.6. The van der Waals surface area contributed by atoms with Crippen LogP contribution >= 0.6 is 11.6 Å². The fourth-order valence-electron chi connectivity index (χ4n) is 2.23. The van der Waals surface area contributed by atoms with Crippen molar-refractivity contribution in [2.45, 2.75) is 6.04 Å². The lowest BCUT2D eigenvalue weighted by Crippen LogP contribution is -2.45. The summed E-state index contributed by atoms with van der Waals surface area (Å²) in [5.74, 6) is -0.191. The summed E-state index contributed by atoms with van der Waals surface area (Å²) in [4.78, 5) is 22.2. The van der Waals surface area contributed by atoms with E-state index < -0.39 is 11.5 Å². The lowest BCUT2D eigenvalue weighted by Gasteiger charge is -2.24. The standard InChI is InChI=1S/C14H15ClFN5O2/c15-11-13(19-6-9-7-23-4-3-17-9)20-12(21-14(11)22)8-1-2-18-10(16)5-8/h1-2,5,9,17H,3-4,6-7H2,(H2,19,20,21,22). The second kappa shape index (κ2) is 7.03. The normalized spacial score (nSPS) is 17.9. The van der Waals surface area contributed by atoms with Gasteiger partial charge in [0.15, 0.2) is 5.82 Å². The van der Waals surface area contributed by atoms with Gasteiger partial charge in [-0.25, -0.2) is 9.97 Å². The third-order valence-corrected chi connectivity index (χ3v) is 3.73. The zero-order valence-electron chi connectivity index (χ0n) is 12.1.